The van der Waals surface area contributed by atoms with Crippen molar-refractivity contribution in [2.24, 2.45) is 0 Å². The summed E-state index contributed by atoms with van der Waals surface area (Å²) in [6.45, 7) is 4.03. The molecule has 1 fully saturated rings. The molecule has 1 aromatic carbocycles. The number of nitrogens with zero attached hydrogens (tertiary/aromatic N) is 2. The summed E-state index contributed by atoms with van der Waals surface area (Å²) in [5.41, 5.74) is 0.991. The topological polar surface area (TPSA) is 75.5 Å². The van der Waals surface area contributed by atoms with Gasteiger partial charge in [0, 0.05) is 25.2 Å². The molecule has 1 aliphatic rings. The molecule has 6 heteroatoms. The highest BCUT2D eigenvalue weighted by Gasteiger charge is 2.27. The van der Waals surface area contributed by atoms with Crippen molar-refractivity contribution in [2.45, 2.75) is 32.4 Å². The summed E-state index contributed by atoms with van der Waals surface area (Å²) in [6, 6.07) is 6.29. The molecule has 0 saturated carbocycles. The standard InChI is InChI=1S/C14H19N3O3/c1-2-15-13-4-3-9-16(14(13)18)10-11-5-7-12(8-6-11)17(19)20/h5-8,13,15H,2-4,9-10H2,1H3. The van der Waals surface area contributed by atoms with Crippen LogP contribution in [0.5, 0.6) is 0 Å². The first kappa shape index (κ1) is 14.5. The van der Waals surface area contributed by atoms with Crippen molar-refractivity contribution in [2.75, 3.05) is 13.1 Å². The summed E-state index contributed by atoms with van der Waals surface area (Å²) in [7, 11) is 0. The van der Waals surface area contributed by atoms with E-state index in [0.717, 1.165) is 31.5 Å². The number of amides is 1. The minimum Gasteiger partial charge on any atom is -0.337 e. The summed E-state index contributed by atoms with van der Waals surface area (Å²) < 4.78 is 0. The van der Waals surface area contributed by atoms with Crippen LogP contribution in [0.1, 0.15) is 25.3 Å². The lowest BCUT2D eigenvalue weighted by atomic mass is 10.0. The van der Waals surface area contributed by atoms with E-state index in [1.165, 1.54) is 12.1 Å². The number of carbonyl (C=O) groups excluding carboxylic acids is 1. The van der Waals surface area contributed by atoms with E-state index in [9.17, 15) is 14.9 Å². The number of nitrogens with one attached hydrogen (secondary N) is 1. The van der Waals surface area contributed by atoms with Crippen LogP contribution in [-0.4, -0.2) is 34.9 Å². The Morgan fingerprint density at radius 2 is 2.10 bits per heavy atom. The zero-order valence-electron chi connectivity index (χ0n) is 11.5. The Labute approximate surface area is 117 Å². The number of piperidine rings is 1. The van der Waals surface area contributed by atoms with E-state index < -0.39 is 4.92 Å². The molecule has 0 spiro atoms. The monoisotopic (exact) mass is 277 g/mol. The lowest BCUT2D eigenvalue weighted by Crippen LogP contribution is -2.50. The summed E-state index contributed by atoms with van der Waals surface area (Å²) >= 11 is 0. The maximum Gasteiger partial charge on any atom is 0.269 e. The number of benzene rings is 1. The van der Waals surface area contributed by atoms with E-state index in [-0.39, 0.29) is 17.6 Å². The summed E-state index contributed by atoms with van der Waals surface area (Å²) in [5, 5.41) is 13.8. The van der Waals surface area contributed by atoms with Gasteiger partial charge in [0.2, 0.25) is 5.91 Å². The van der Waals surface area contributed by atoms with E-state index in [4.69, 9.17) is 0 Å². The van der Waals surface area contributed by atoms with E-state index in [0.29, 0.717) is 6.54 Å². The maximum absolute atomic E-state index is 12.3. The molecule has 0 radical (unpaired) electrons. The second-order valence-corrected chi connectivity index (χ2v) is 4.94. The summed E-state index contributed by atoms with van der Waals surface area (Å²) in [6.07, 6.45) is 1.86. The predicted octanol–water partition coefficient (Wildman–Crippen LogP) is 1.70. The number of carbonyl (C=O) groups is 1. The van der Waals surface area contributed by atoms with E-state index >= 15 is 0 Å². The molecule has 108 valence electrons. The van der Waals surface area contributed by atoms with Gasteiger partial charge in [-0.1, -0.05) is 19.1 Å². The zero-order valence-corrected chi connectivity index (χ0v) is 11.5. The molecular weight excluding hydrogens is 258 g/mol. The number of likely N-dealkylation sites (tertiary alicyclic amines) is 1. The second-order valence-electron chi connectivity index (χ2n) is 4.94. The van der Waals surface area contributed by atoms with Gasteiger partial charge in [0.1, 0.15) is 0 Å². The lowest BCUT2D eigenvalue weighted by Gasteiger charge is -2.32. The van der Waals surface area contributed by atoms with Crippen molar-refractivity contribution in [3.05, 3.63) is 39.9 Å². The van der Waals surface area contributed by atoms with Crippen LogP contribution in [-0.2, 0) is 11.3 Å². The number of non-ortho nitro benzene ring substituents is 1. The van der Waals surface area contributed by atoms with E-state index in [2.05, 4.69) is 5.32 Å². The van der Waals surface area contributed by atoms with Crippen LogP contribution < -0.4 is 5.32 Å². The number of rotatable bonds is 5. The molecular formula is C14H19N3O3. The fourth-order valence-corrected chi connectivity index (χ4v) is 2.48. The van der Waals surface area contributed by atoms with Crippen molar-refractivity contribution < 1.29 is 9.72 Å². The highest BCUT2D eigenvalue weighted by Crippen LogP contribution is 2.17. The third kappa shape index (κ3) is 3.33. The van der Waals surface area contributed by atoms with Gasteiger partial charge in [-0.25, -0.2) is 0 Å². The van der Waals surface area contributed by atoms with Gasteiger partial charge in [-0.05, 0) is 24.9 Å². The number of nitro benzene ring substituents is 1. The Hall–Kier alpha value is -1.95. The number of likely N-dealkylation sites (N-methyl/N-ethyl adjacent to an activating group) is 1. The molecule has 6 nitrogen and oxygen atoms in total. The van der Waals surface area contributed by atoms with Crippen LogP contribution in [0, 0.1) is 10.1 Å². The third-order valence-electron chi connectivity index (χ3n) is 3.50. The van der Waals surface area contributed by atoms with Gasteiger partial charge < -0.3 is 10.2 Å². The van der Waals surface area contributed by atoms with Gasteiger partial charge in [0.05, 0.1) is 11.0 Å². The highest BCUT2D eigenvalue weighted by molar-refractivity contribution is 5.82. The van der Waals surface area contributed by atoms with Crippen LogP contribution in [0.4, 0.5) is 5.69 Å². The number of hydrogen-bond acceptors (Lipinski definition) is 4. The molecule has 2 rings (SSSR count). The van der Waals surface area contributed by atoms with Crippen molar-refractivity contribution in [1.82, 2.24) is 10.2 Å². The predicted molar refractivity (Wildman–Crippen MR) is 75.2 cm³/mol. The van der Waals surface area contributed by atoms with Gasteiger partial charge in [0.15, 0.2) is 0 Å². The molecule has 20 heavy (non-hydrogen) atoms. The largest absolute Gasteiger partial charge is 0.337 e. The van der Waals surface area contributed by atoms with Gasteiger partial charge in [-0.15, -0.1) is 0 Å². The van der Waals surface area contributed by atoms with Crippen molar-refractivity contribution >= 4 is 11.6 Å². The maximum atomic E-state index is 12.3. The fraction of sp³-hybridized carbons (Fsp3) is 0.500. The summed E-state index contributed by atoms with van der Waals surface area (Å²) in [4.78, 5) is 24.2. The Morgan fingerprint density at radius 1 is 1.40 bits per heavy atom. The minimum absolute atomic E-state index is 0.0734. The van der Waals surface area contributed by atoms with Crippen LogP contribution >= 0.6 is 0 Å². The first-order valence-electron chi connectivity index (χ1n) is 6.87. The van der Waals surface area contributed by atoms with Gasteiger partial charge >= 0.3 is 0 Å². The average Bonchev–Trinajstić information content (AvgIpc) is 2.44. The van der Waals surface area contributed by atoms with Crippen LogP contribution in [0.2, 0.25) is 0 Å². The molecule has 1 saturated heterocycles. The van der Waals surface area contributed by atoms with Crippen LogP contribution in [0.25, 0.3) is 0 Å². The molecule has 1 aliphatic heterocycles. The Morgan fingerprint density at radius 3 is 2.70 bits per heavy atom. The smallest absolute Gasteiger partial charge is 0.269 e. The normalized spacial score (nSPS) is 19.1. The molecule has 1 unspecified atom stereocenters. The van der Waals surface area contributed by atoms with Gasteiger partial charge in [0.25, 0.3) is 5.69 Å². The molecule has 1 atom stereocenters. The Kier molecular flexibility index (Phi) is 4.68. The lowest BCUT2D eigenvalue weighted by molar-refractivity contribution is -0.384. The summed E-state index contributed by atoms with van der Waals surface area (Å²) in [5.74, 6) is 0.122. The molecule has 1 N–H and O–H groups in total. The molecule has 1 aromatic rings. The Balaban J connectivity index is 2.01. The SMILES string of the molecule is CCNC1CCCN(Cc2ccc([N+](=O)[O-])cc2)C1=O. The first-order chi connectivity index (χ1) is 9.61. The molecule has 1 heterocycles. The van der Waals surface area contributed by atoms with Gasteiger partial charge in [-0.2, -0.15) is 0 Å². The highest BCUT2D eigenvalue weighted by atomic mass is 16.6. The number of nitro groups is 1. The molecule has 0 bridgehead atoms. The van der Waals surface area contributed by atoms with Crippen molar-refractivity contribution in [3.8, 4) is 0 Å². The minimum atomic E-state index is -0.420. The van der Waals surface area contributed by atoms with Gasteiger partial charge in [-0.3, -0.25) is 14.9 Å². The van der Waals surface area contributed by atoms with E-state index in [1.807, 2.05) is 11.8 Å². The Bertz CT molecular complexity index is 485. The second kappa shape index (κ2) is 6.47. The first-order valence-corrected chi connectivity index (χ1v) is 6.87. The van der Waals surface area contributed by atoms with Crippen molar-refractivity contribution in [1.29, 1.82) is 0 Å². The molecule has 0 aromatic heterocycles. The third-order valence-corrected chi connectivity index (χ3v) is 3.50. The zero-order chi connectivity index (χ0) is 14.5. The van der Waals surface area contributed by atoms with Crippen LogP contribution in [0.15, 0.2) is 24.3 Å². The van der Waals surface area contributed by atoms with Crippen LogP contribution in [0.3, 0.4) is 0 Å². The quantitative estimate of drug-likeness (QED) is 0.656. The van der Waals surface area contributed by atoms with Crippen molar-refractivity contribution in [3.63, 3.8) is 0 Å². The molecule has 0 aliphatic carbocycles. The average molecular weight is 277 g/mol. The van der Waals surface area contributed by atoms with E-state index in [1.54, 1.807) is 12.1 Å². The fourth-order valence-electron chi connectivity index (χ4n) is 2.48. The number of hydrogen-bond donors (Lipinski definition) is 1. The molecule has 1 amide bonds.